The van der Waals surface area contributed by atoms with Gasteiger partial charge in [0.25, 0.3) is 0 Å². The molecular weight excluding hydrogens is 461 g/mol. The monoisotopic (exact) mass is 488 g/mol. The van der Waals surface area contributed by atoms with Crippen LogP contribution in [0.15, 0.2) is 12.3 Å². The minimum Gasteiger partial charge on any atom is -0.598 e. The summed E-state index contributed by atoms with van der Waals surface area (Å²) in [5.41, 5.74) is -2.83. The first-order valence-corrected chi connectivity index (χ1v) is 12.1. The molecule has 3 atom stereocenters. The molecule has 4 rings (SSSR count). The van der Waals surface area contributed by atoms with Crippen molar-refractivity contribution in [3.63, 3.8) is 0 Å². The van der Waals surface area contributed by atoms with Gasteiger partial charge in [0.1, 0.15) is 11.5 Å². The van der Waals surface area contributed by atoms with E-state index in [1.807, 2.05) is 0 Å². The van der Waals surface area contributed by atoms with Crippen LogP contribution >= 0.6 is 0 Å². The van der Waals surface area contributed by atoms with Crippen LogP contribution < -0.4 is 4.90 Å². The van der Waals surface area contributed by atoms with Gasteiger partial charge in [-0.3, -0.25) is 14.9 Å². The van der Waals surface area contributed by atoms with Gasteiger partial charge in [0.15, 0.2) is 0 Å². The summed E-state index contributed by atoms with van der Waals surface area (Å²) < 4.78 is 53.8. The van der Waals surface area contributed by atoms with Crippen LogP contribution in [-0.4, -0.2) is 56.5 Å². The first kappa shape index (κ1) is 24.2. The van der Waals surface area contributed by atoms with E-state index >= 15 is 0 Å². The lowest BCUT2D eigenvalue weighted by Gasteiger charge is -2.41. The van der Waals surface area contributed by atoms with Crippen LogP contribution in [0.2, 0.25) is 0 Å². The highest BCUT2D eigenvalue weighted by atomic mass is 32.2. The molecule has 8 nitrogen and oxygen atoms in total. The van der Waals surface area contributed by atoms with Crippen molar-refractivity contribution in [2.75, 3.05) is 36.8 Å². The fourth-order valence-corrected chi connectivity index (χ4v) is 7.57. The topological polar surface area (TPSA) is 103 Å². The summed E-state index contributed by atoms with van der Waals surface area (Å²) in [5.74, 6) is 0.307. The Morgan fingerprint density at radius 1 is 1.18 bits per heavy atom. The summed E-state index contributed by atoms with van der Waals surface area (Å²) in [6, 6.07) is 0.497. The zero-order valence-electron chi connectivity index (χ0n) is 18.8. The average Bonchev–Trinajstić information content (AvgIpc) is 3.01. The minimum atomic E-state index is -4.73. The maximum atomic E-state index is 13.3. The number of halogens is 3. The number of rotatable bonds is 5. The zero-order chi connectivity index (χ0) is 24.4. The molecule has 1 aliphatic heterocycles. The predicted octanol–water partition coefficient (Wildman–Crippen LogP) is 3.58. The van der Waals surface area contributed by atoms with E-state index in [0.717, 1.165) is 12.8 Å². The Kier molecular flexibility index (Phi) is 5.73. The summed E-state index contributed by atoms with van der Waals surface area (Å²) in [6.45, 7) is 7.37. The number of ketones is 1. The Balaban J connectivity index is 1.46. The number of piperazine rings is 1. The Morgan fingerprint density at radius 2 is 1.82 bits per heavy atom. The lowest BCUT2D eigenvalue weighted by Crippen LogP contribution is -2.53. The summed E-state index contributed by atoms with van der Waals surface area (Å²) in [6.07, 6.45) is -1.97. The largest absolute Gasteiger partial charge is 0.598 e. The number of alkyl halides is 3. The van der Waals surface area contributed by atoms with Gasteiger partial charge in [0.05, 0.1) is 29.0 Å². The molecule has 0 aromatic carbocycles. The van der Waals surface area contributed by atoms with Gasteiger partial charge in [0, 0.05) is 43.1 Å². The van der Waals surface area contributed by atoms with Crippen molar-refractivity contribution in [3.05, 3.63) is 27.9 Å². The van der Waals surface area contributed by atoms with Crippen molar-refractivity contribution in [2.45, 2.75) is 46.2 Å². The van der Waals surface area contributed by atoms with Gasteiger partial charge in [0.2, 0.25) is 5.82 Å². The van der Waals surface area contributed by atoms with Crippen LogP contribution in [0.25, 0.3) is 0 Å². The molecule has 1 saturated heterocycles. The first-order chi connectivity index (χ1) is 15.2. The number of carbonyl (C=O) groups is 1. The van der Waals surface area contributed by atoms with Gasteiger partial charge in [-0.1, -0.05) is 20.8 Å². The van der Waals surface area contributed by atoms with Crippen LogP contribution in [-0.2, 0) is 22.3 Å². The molecule has 3 aliphatic rings. The quantitative estimate of drug-likeness (QED) is 0.355. The Morgan fingerprint density at radius 3 is 2.30 bits per heavy atom. The number of hydrogen-bond acceptors (Lipinski definition) is 7. The molecule has 1 unspecified atom stereocenters. The van der Waals surface area contributed by atoms with Crippen LogP contribution in [0.1, 0.15) is 45.6 Å². The molecule has 1 aromatic heterocycles. The average molecular weight is 489 g/mol. The van der Waals surface area contributed by atoms with Crippen molar-refractivity contribution in [2.24, 2.45) is 16.2 Å². The number of hydrogen-bond donors (Lipinski definition) is 0. The third-order valence-electron chi connectivity index (χ3n) is 8.46. The highest BCUT2D eigenvalue weighted by Gasteiger charge is 2.71. The molecule has 1 aromatic rings. The predicted molar refractivity (Wildman–Crippen MR) is 116 cm³/mol. The van der Waals surface area contributed by atoms with Crippen LogP contribution in [0.5, 0.6) is 0 Å². The second kappa shape index (κ2) is 7.81. The molecule has 2 saturated carbocycles. The lowest BCUT2D eigenvalue weighted by atomic mass is 9.66. The lowest BCUT2D eigenvalue weighted by molar-refractivity contribution is -0.384. The number of anilines is 1. The summed E-state index contributed by atoms with van der Waals surface area (Å²) in [7, 11) is 0. The van der Waals surface area contributed by atoms with Crippen LogP contribution in [0.3, 0.4) is 0 Å². The maximum Gasteiger partial charge on any atom is 0.418 e. The molecule has 2 aliphatic carbocycles. The zero-order valence-corrected chi connectivity index (χ0v) is 19.6. The molecule has 12 heteroatoms. The third-order valence-corrected chi connectivity index (χ3v) is 10.1. The third kappa shape index (κ3) is 3.70. The fraction of sp³-hybridized carbons (Fsp3) is 0.714. The first-order valence-electron chi connectivity index (χ1n) is 10.9. The SMILES string of the molecule is CC1(C)[C@]2(C)CC[C@@]1(C[S+]([O-])N1CCN(c3ncc(C(F)(F)F)cc3[N+](=O)[O-])CC1)C(=O)C2. The van der Waals surface area contributed by atoms with E-state index in [9.17, 15) is 32.6 Å². The van der Waals surface area contributed by atoms with Crippen molar-refractivity contribution in [1.82, 2.24) is 9.29 Å². The molecule has 3 fully saturated rings. The van der Waals surface area contributed by atoms with E-state index in [4.69, 9.17) is 0 Å². The van der Waals surface area contributed by atoms with Gasteiger partial charge in [-0.05, 0) is 23.7 Å². The van der Waals surface area contributed by atoms with Crippen molar-refractivity contribution in [1.29, 1.82) is 0 Å². The van der Waals surface area contributed by atoms with E-state index in [1.54, 1.807) is 9.21 Å². The van der Waals surface area contributed by atoms with Gasteiger partial charge in [-0.25, -0.2) is 4.98 Å². The van der Waals surface area contributed by atoms with Gasteiger partial charge < -0.3 is 9.45 Å². The van der Waals surface area contributed by atoms with Gasteiger partial charge in [-0.15, -0.1) is 4.31 Å². The Hall–Kier alpha value is -1.92. The molecule has 2 bridgehead atoms. The fourth-order valence-electron chi connectivity index (χ4n) is 5.73. The minimum absolute atomic E-state index is 0.0832. The molecule has 2 heterocycles. The van der Waals surface area contributed by atoms with Crippen LogP contribution in [0, 0.1) is 26.4 Å². The van der Waals surface area contributed by atoms with Crippen molar-refractivity contribution in [3.8, 4) is 0 Å². The maximum absolute atomic E-state index is 13.3. The number of pyridine rings is 1. The van der Waals surface area contributed by atoms with E-state index in [0.29, 0.717) is 31.8 Å². The standard InChI is InChI=1S/C21H27F3N4O4S/c1-18(2)19(3)4-5-20(18,16(29)11-19)13-33(32)27-8-6-26(7-9-27)17-15(28(30)31)10-14(12-25-17)21(22,23)24/h10,12H,4-9,11,13H2,1-3H3/t19-,20-,33?/m1/s1. The van der Waals surface area contributed by atoms with E-state index in [1.165, 1.54) is 0 Å². The van der Waals surface area contributed by atoms with Gasteiger partial charge >= 0.3 is 11.9 Å². The molecule has 33 heavy (non-hydrogen) atoms. The van der Waals surface area contributed by atoms with Crippen molar-refractivity contribution >= 4 is 28.7 Å². The molecule has 182 valence electrons. The highest BCUT2D eigenvalue weighted by molar-refractivity contribution is 7.89. The number of Topliss-reactive ketones (excluding diaryl/α,β-unsaturated/α-hetero) is 1. The molecular formula is C21H27F3N4O4S. The molecule has 0 radical (unpaired) electrons. The highest BCUT2D eigenvalue weighted by Crippen LogP contribution is 2.70. The van der Waals surface area contributed by atoms with E-state index in [-0.39, 0.29) is 41.3 Å². The smallest absolute Gasteiger partial charge is 0.418 e. The normalized spacial score (nSPS) is 30.6. The number of carbonyl (C=O) groups excluding carboxylic acids is 1. The van der Waals surface area contributed by atoms with Crippen molar-refractivity contribution < 1.29 is 27.4 Å². The van der Waals surface area contributed by atoms with Crippen LogP contribution in [0.4, 0.5) is 24.7 Å². The van der Waals surface area contributed by atoms with E-state index in [2.05, 4.69) is 25.8 Å². The summed E-state index contributed by atoms with van der Waals surface area (Å²) >= 11 is -1.41. The number of nitro groups is 1. The number of nitrogens with zero attached hydrogens (tertiary/aromatic N) is 4. The number of aromatic nitrogens is 1. The Labute approximate surface area is 193 Å². The molecule has 0 N–H and O–H groups in total. The second-order valence-corrected chi connectivity index (χ2v) is 11.5. The second-order valence-electron chi connectivity index (χ2n) is 10.1. The van der Waals surface area contributed by atoms with E-state index < -0.39 is 39.1 Å². The molecule has 0 amide bonds. The van der Waals surface area contributed by atoms with Gasteiger partial charge in [-0.2, -0.15) is 13.2 Å². The Bertz CT molecular complexity index is 983. The number of fused-ring (bicyclic) bond motifs is 2. The summed E-state index contributed by atoms with van der Waals surface area (Å²) in [4.78, 5) is 28.7. The molecule has 0 spiro atoms. The summed E-state index contributed by atoms with van der Waals surface area (Å²) in [5, 5.41) is 11.4.